The zero-order valence-electron chi connectivity index (χ0n) is 12.7. The molecule has 0 amide bonds. The maximum atomic E-state index is 12.5. The lowest BCUT2D eigenvalue weighted by Crippen LogP contribution is -2.21. The third kappa shape index (κ3) is 3.14. The van der Waals surface area contributed by atoms with Gasteiger partial charge in [0.25, 0.3) is 0 Å². The monoisotopic (exact) mass is 393 g/mol. The lowest BCUT2D eigenvalue weighted by molar-refractivity contribution is 0.394. The normalized spacial score (nSPS) is 19.9. The first-order valence-corrected chi connectivity index (χ1v) is 9.04. The van der Waals surface area contributed by atoms with Crippen LogP contribution in [0.4, 0.5) is 5.69 Å². The van der Waals surface area contributed by atoms with Gasteiger partial charge in [0.1, 0.15) is 16.9 Å². The summed E-state index contributed by atoms with van der Waals surface area (Å²) in [5.41, 5.74) is 1.82. The third-order valence-corrected chi connectivity index (χ3v) is 5.45. The van der Waals surface area contributed by atoms with Crippen molar-refractivity contribution in [3.63, 3.8) is 0 Å². The van der Waals surface area contributed by atoms with Crippen LogP contribution in [0.1, 0.15) is 10.9 Å². The van der Waals surface area contributed by atoms with Crippen LogP contribution in [0.3, 0.4) is 0 Å². The zero-order valence-corrected chi connectivity index (χ0v) is 15.1. The smallest absolute Gasteiger partial charge is 0.146 e. The van der Waals surface area contributed by atoms with Gasteiger partial charge in [0, 0.05) is 22.1 Å². The first-order valence-electron chi connectivity index (χ1n) is 6.97. The van der Waals surface area contributed by atoms with Crippen molar-refractivity contribution in [1.29, 1.82) is 0 Å². The largest absolute Gasteiger partial charge is 0.497 e. The molecule has 120 valence electrons. The van der Waals surface area contributed by atoms with Gasteiger partial charge in [-0.3, -0.25) is 4.21 Å². The Hall–Kier alpha value is -1.79. The number of hydrogen-bond donors (Lipinski definition) is 0. The number of benzene rings is 2. The van der Waals surface area contributed by atoms with Crippen LogP contribution in [0.5, 0.6) is 11.5 Å². The van der Waals surface area contributed by atoms with E-state index in [1.807, 2.05) is 53.6 Å². The van der Waals surface area contributed by atoms with Crippen LogP contribution in [0.25, 0.3) is 0 Å². The Bertz CT molecular complexity index is 778. The Kier molecular flexibility index (Phi) is 4.73. The summed E-state index contributed by atoms with van der Waals surface area (Å²) < 4.78 is 24.2. The first kappa shape index (κ1) is 16.1. The molecule has 0 aromatic heterocycles. The molecule has 0 spiro atoms. The molecule has 1 aliphatic heterocycles. The minimum atomic E-state index is -1.13. The van der Waals surface area contributed by atoms with Crippen molar-refractivity contribution < 1.29 is 13.7 Å². The quantitative estimate of drug-likeness (QED) is 0.779. The number of halogens is 1. The molecule has 0 bridgehead atoms. The molecule has 2 atom stereocenters. The second-order valence-corrected chi connectivity index (χ2v) is 7.26. The number of anilines is 1. The van der Waals surface area contributed by atoms with E-state index in [0.717, 1.165) is 15.7 Å². The summed E-state index contributed by atoms with van der Waals surface area (Å²) in [5, 5.41) is 1.42. The molecule has 1 aliphatic rings. The molecule has 0 N–H and O–H groups in total. The van der Waals surface area contributed by atoms with E-state index in [4.69, 9.17) is 9.47 Å². The fourth-order valence-electron chi connectivity index (χ4n) is 2.55. The van der Waals surface area contributed by atoms with E-state index in [1.54, 1.807) is 19.6 Å². The summed E-state index contributed by atoms with van der Waals surface area (Å²) in [4.78, 5) is 1.97. The van der Waals surface area contributed by atoms with Gasteiger partial charge in [-0.1, -0.05) is 28.1 Å². The lowest BCUT2D eigenvalue weighted by atomic mass is 10.2. The topological polar surface area (TPSA) is 38.8 Å². The van der Waals surface area contributed by atoms with Gasteiger partial charge in [0.2, 0.25) is 0 Å². The van der Waals surface area contributed by atoms with E-state index in [0.29, 0.717) is 11.5 Å². The van der Waals surface area contributed by atoms with E-state index in [2.05, 4.69) is 15.9 Å². The van der Waals surface area contributed by atoms with Gasteiger partial charge in [-0.2, -0.15) is 0 Å². The van der Waals surface area contributed by atoms with Crippen LogP contribution in [-0.4, -0.2) is 18.4 Å². The summed E-state index contributed by atoms with van der Waals surface area (Å²) in [5.74, 6) is 1.39. The molecule has 0 radical (unpaired) electrons. The molecule has 2 unspecified atom stereocenters. The number of methoxy groups -OCH3 is 2. The minimum Gasteiger partial charge on any atom is -0.497 e. The molecular formula is C17H16BrNO3S. The molecule has 23 heavy (non-hydrogen) atoms. The van der Waals surface area contributed by atoms with Crippen LogP contribution in [0.15, 0.2) is 58.5 Å². The SMILES string of the molecule is COc1ccc(N2C=CS(=O)C2c2cccc(Br)c2)c(OC)c1. The van der Waals surface area contributed by atoms with Crippen molar-refractivity contribution >= 4 is 32.4 Å². The Morgan fingerprint density at radius 2 is 1.96 bits per heavy atom. The minimum absolute atomic E-state index is 0.283. The molecule has 0 saturated heterocycles. The molecule has 2 aromatic rings. The molecular weight excluding hydrogens is 378 g/mol. The highest BCUT2D eigenvalue weighted by atomic mass is 79.9. The highest BCUT2D eigenvalue weighted by molar-refractivity contribution is 9.10. The van der Waals surface area contributed by atoms with Gasteiger partial charge in [-0.15, -0.1) is 0 Å². The lowest BCUT2D eigenvalue weighted by Gasteiger charge is -2.26. The Morgan fingerprint density at radius 1 is 1.13 bits per heavy atom. The average Bonchev–Trinajstić information content (AvgIpc) is 2.95. The number of nitrogens with zero attached hydrogens (tertiary/aromatic N) is 1. The molecule has 0 aliphatic carbocycles. The van der Waals surface area contributed by atoms with Gasteiger partial charge in [0.15, 0.2) is 0 Å². The van der Waals surface area contributed by atoms with Crippen molar-refractivity contribution in [2.75, 3.05) is 19.1 Å². The van der Waals surface area contributed by atoms with Crippen molar-refractivity contribution in [2.24, 2.45) is 0 Å². The molecule has 4 nitrogen and oxygen atoms in total. The fraction of sp³-hybridized carbons (Fsp3) is 0.176. The van der Waals surface area contributed by atoms with Crippen molar-refractivity contribution in [2.45, 2.75) is 5.37 Å². The van der Waals surface area contributed by atoms with Crippen LogP contribution < -0.4 is 14.4 Å². The molecule has 1 heterocycles. The number of rotatable bonds is 4. The van der Waals surface area contributed by atoms with Crippen molar-refractivity contribution in [3.8, 4) is 11.5 Å². The summed E-state index contributed by atoms with van der Waals surface area (Å²) >= 11 is 3.47. The van der Waals surface area contributed by atoms with Crippen LogP contribution in [0.2, 0.25) is 0 Å². The Morgan fingerprint density at radius 3 is 2.65 bits per heavy atom. The summed E-state index contributed by atoms with van der Waals surface area (Å²) in [7, 11) is 2.10. The van der Waals surface area contributed by atoms with E-state index in [-0.39, 0.29) is 5.37 Å². The molecule has 6 heteroatoms. The van der Waals surface area contributed by atoms with Gasteiger partial charge in [0.05, 0.1) is 30.7 Å². The summed E-state index contributed by atoms with van der Waals surface area (Å²) in [6, 6.07) is 13.5. The van der Waals surface area contributed by atoms with Crippen LogP contribution >= 0.6 is 15.9 Å². The molecule has 2 aromatic carbocycles. The van der Waals surface area contributed by atoms with E-state index in [1.165, 1.54) is 0 Å². The second kappa shape index (κ2) is 6.76. The van der Waals surface area contributed by atoms with Crippen LogP contribution in [-0.2, 0) is 10.8 Å². The van der Waals surface area contributed by atoms with Crippen molar-refractivity contribution in [3.05, 3.63) is 64.1 Å². The molecule has 3 rings (SSSR count). The van der Waals surface area contributed by atoms with Gasteiger partial charge < -0.3 is 14.4 Å². The van der Waals surface area contributed by atoms with Gasteiger partial charge in [-0.25, -0.2) is 0 Å². The van der Waals surface area contributed by atoms with E-state index < -0.39 is 10.8 Å². The standard InChI is InChI=1S/C17H16BrNO3S/c1-21-14-6-7-15(16(11-14)22-2)19-8-9-23(20)17(19)12-4-3-5-13(18)10-12/h3-11,17H,1-2H3. The number of ether oxygens (including phenoxy) is 2. The van der Waals surface area contributed by atoms with Gasteiger partial charge >= 0.3 is 0 Å². The summed E-state index contributed by atoms with van der Waals surface area (Å²) in [6.45, 7) is 0. The van der Waals surface area contributed by atoms with E-state index in [9.17, 15) is 4.21 Å². The van der Waals surface area contributed by atoms with E-state index >= 15 is 0 Å². The maximum Gasteiger partial charge on any atom is 0.146 e. The van der Waals surface area contributed by atoms with Gasteiger partial charge in [-0.05, 0) is 29.8 Å². The molecule has 0 fully saturated rings. The van der Waals surface area contributed by atoms with Crippen molar-refractivity contribution in [1.82, 2.24) is 0 Å². The average molecular weight is 394 g/mol. The Balaban J connectivity index is 2.04. The second-order valence-electron chi connectivity index (χ2n) is 4.97. The predicted molar refractivity (Wildman–Crippen MR) is 96.2 cm³/mol. The predicted octanol–water partition coefficient (Wildman–Crippen LogP) is 4.21. The zero-order chi connectivity index (χ0) is 16.4. The number of hydrogen-bond acceptors (Lipinski definition) is 4. The first-order chi connectivity index (χ1) is 11.1. The van der Waals surface area contributed by atoms with Crippen LogP contribution in [0, 0.1) is 0 Å². The highest BCUT2D eigenvalue weighted by Crippen LogP contribution is 2.41. The Labute approximate surface area is 146 Å². The highest BCUT2D eigenvalue weighted by Gasteiger charge is 2.30. The third-order valence-electron chi connectivity index (χ3n) is 3.63. The fourth-order valence-corrected chi connectivity index (χ4v) is 4.19. The summed E-state index contributed by atoms with van der Waals surface area (Å²) in [6.07, 6.45) is 1.84. The maximum absolute atomic E-state index is 12.5. The molecule has 0 saturated carbocycles.